The molecule has 1 aromatic rings. The molecule has 0 N–H and O–H groups in total. The Morgan fingerprint density at radius 3 is 2.45 bits per heavy atom. The number of pyridine rings is 1. The second-order valence-corrected chi connectivity index (χ2v) is 4.88. The van der Waals surface area contributed by atoms with Gasteiger partial charge in [0.1, 0.15) is 0 Å². The van der Waals surface area contributed by atoms with Gasteiger partial charge in [0.15, 0.2) is 0 Å². The van der Waals surface area contributed by atoms with Crippen molar-refractivity contribution in [3.05, 3.63) is 30.1 Å². The summed E-state index contributed by atoms with van der Waals surface area (Å²) in [5.74, 6) is 0. The number of hydrogen-bond acceptors (Lipinski definition) is 1. The molecule has 3 heteroatoms. The van der Waals surface area contributed by atoms with Gasteiger partial charge >= 0.3 is 0 Å². The molecule has 0 saturated heterocycles. The molecule has 1 rings (SSSR count). The molecule has 0 aliphatic rings. The minimum atomic E-state index is 0.0238. The summed E-state index contributed by atoms with van der Waals surface area (Å²) in [5, 5.41) is 0.893. The van der Waals surface area contributed by atoms with Crippen molar-refractivity contribution in [1.82, 2.24) is 4.98 Å². The summed E-state index contributed by atoms with van der Waals surface area (Å²) in [6.07, 6.45) is 3.61. The first kappa shape index (κ1) is 9.20. The lowest BCUT2D eigenvalue weighted by atomic mass is 10.1. The van der Waals surface area contributed by atoms with E-state index in [1.807, 2.05) is 12.1 Å². The topological polar surface area (TPSA) is 12.9 Å². The number of rotatable bonds is 2. The molecule has 11 heavy (non-hydrogen) atoms. The molecule has 0 spiro atoms. The van der Waals surface area contributed by atoms with E-state index in [-0.39, 0.29) is 4.32 Å². The molecule has 0 radical (unpaired) electrons. The summed E-state index contributed by atoms with van der Waals surface area (Å²) in [4.78, 5) is 3.96. The number of nitrogens with zero attached hydrogens (tertiary/aromatic N) is 1. The van der Waals surface area contributed by atoms with Crippen LogP contribution < -0.4 is 0 Å². The van der Waals surface area contributed by atoms with Crippen LogP contribution in [0.15, 0.2) is 24.5 Å². The molecular weight excluding hydrogens is 270 g/mol. The molecule has 0 amide bonds. The van der Waals surface area contributed by atoms with Gasteiger partial charge in [0.25, 0.3) is 0 Å². The summed E-state index contributed by atoms with van der Waals surface area (Å²) in [5.41, 5.74) is 1.24. The first-order valence-electron chi connectivity index (χ1n) is 3.32. The van der Waals surface area contributed by atoms with Gasteiger partial charge in [-0.25, -0.2) is 0 Å². The molecule has 1 nitrogen and oxygen atoms in total. The van der Waals surface area contributed by atoms with Crippen molar-refractivity contribution >= 4 is 31.9 Å². The van der Waals surface area contributed by atoms with Crippen molar-refractivity contribution in [2.24, 2.45) is 0 Å². The average molecular weight is 279 g/mol. The highest BCUT2D eigenvalue weighted by molar-refractivity contribution is 9.12. The fourth-order valence-electron chi connectivity index (χ4n) is 0.777. The predicted molar refractivity (Wildman–Crippen MR) is 54.3 cm³/mol. The molecular formula is C8H9Br2N. The SMILES string of the molecule is CC(Br)(CBr)c1ccncc1. The van der Waals surface area contributed by atoms with Gasteiger partial charge in [0.2, 0.25) is 0 Å². The van der Waals surface area contributed by atoms with E-state index in [9.17, 15) is 0 Å². The van der Waals surface area contributed by atoms with Gasteiger partial charge < -0.3 is 0 Å². The lowest BCUT2D eigenvalue weighted by Crippen LogP contribution is -2.14. The van der Waals surface area contributed by atoms with Crippen LogP contribution in [0.4, 0.5) is 0 Å². The van der Waals surface area contributed by atoms with Crippen LogP contribution in [0, 0.1) is 0 Å². The first-order chi connectivity index (χ1) is 5.17. The first-order valence-corrected chi connectivity index (χ1v) is 5.23. The Bertz CT molecular complexity index is 221. The highest BCUT2D eigenvalue weighted by Gasteiger charge is 2.20. The number of hydrogen-bond donors (Lipinski definition) is 0. The molecule has 0 aliphatic carbocycles. The maximum absolute atomic E-state index is 3.96. The van der Waals surface area contributed by atoms with Crippen LogP contribution >= 0.6 is 31.9 Å². The minimum absolute atomic E-state index is 0.0238. The zero-order valence-corrected chi connectivity index (χ0v) is 9.39. The number of aromatic nitrogens is 1. The molecule has 0 aromatic carbocycles. The Hall–Kier alpha value is 0.110. The van der Waals surface area contributed by atoms with Crippen molar-refractivity contribution in [2.45, 2.75) is 11.2 Å². The van der Waals surface area contributed by atoms with Gasteiger partial charge in [-0.1, -0.05) is 31.9 Å². The van der Waals surface area contributed by atoms with Crippen molar-refractivity contribution in [3.8, 4) is 0 Å². The van der Waals surface area contributed by atoms with Gasteiger partial charge in [0, 0.05) is 17.7 Å². The Morgan fingerprint density at radius 1 is 1.45 bits per heavy atom. The van der Waals surface area contributed by atoms with E-state index in [0.29, 0.717) is 0 Å². The lowest BCUT2D eigenvalue weighted by molar-refractivity contribution is 0.821. The molecule has 0 bridgehead atoms. The van der Waals surface area contributed by atoms with Gasteiger partial charge in [-0.15, -0.1) is 0 Å². The molecule has 0 saturated carbocycles. The number of alkyl halides is 2. The van der Waals surface area contributed by atoms with Gasteiger partial charge in [-0.3, -0.25) is 4.98 Å². The number of halogens is 2. The van der Waals surface area contributed by atoms with Crippen LogP contribution in [0.5, 0.6) is 0 Å². The molecule has 0 aliphatic heterocycles. The van der Waals surface area contributed by atoms with E-state index in [1.54, 1.807) is 12.4 Å². The fourth-order valence-corrected chi connectivity index (χ4v) is 1.36. The van der Waals surface area contributed by atoms with E-state index in [4.69, 9.17) is 0 Å². The summed E-state index contributed by atoms with van der Waals surface area (Å²) in [6, 6.07) is 4.02. The Kier molecular flexibility index (Phi) is 3.07. The Labute approximate surface area is 83.5 Å². The summed E-state index contributed by atoms with van der Waals surface area (Å²) >= 11 is 7.05. The second-order valence-electron chi connectivity index (χ2n) is 2.57. The van der Waals surface area contributed by atoms with E-state index >= 15 is 0 Å². The van der Waals surface area contributed by atoms with Crippen molar-refractivity contribution in [2.75, 3.05) is 5.33 Å². The molecule has 1 atom stereocenters. The van der Waals surface area contributed by atoms with Crippen molar-refractivity contribution in [3.63, 3.8) is 0 Å². The van der Waals surface area contributed by atoms with Crippen molar-refractivity contribution < 1.29 is 0 Å². The summed E-state index contributed by atoms with van der Waals surface area (Å²) < 4.78 is 0.0238. The Morgan fingerprint density at radius 2 is 2.00 bits per heavy atom. The van der Waals surface area contributed by atoms with Crippen LogP contribution in [0.2, 0.25) is 0 Å². The minimum Gasteiger partial charge on any atom is -0.265 e. The fraction of sp³-hybridized carbons (Fsp3) is 0.375. The van der Waals surface area contributed by atoms with Crippen molar-refractivity contribution in [1.29, 1.82) is 0 Å². The zero-order valence-electron chi connectivity index (χ0n) is 6.22. The van der Waals surface area contributed by atoms with Crippen LogP contribution in [0.1, 0.15) is 12.5 Å². The second kappa shape index (κ2) is 3.68. The standard InChI is InChI=1S/C8H9Br2N/c1-8(10,6-9)7-2-4-11-5-3-7/h2-5H,6H2,1H3. The third-order valence-electron chi connectivity index (χ3n) is 1.53. The van der Waals surface area contributed by atoms with Crippen LogP contribution in [-0.4, -0.2) is 10.3 Å². The van der Waals surface area contributed by atoms with Crippen LogP contribution in [-0.2, 0) is 4.32 Å². The Balaban J connectivity index is 2.93. The average Bonchev–Trinajstić information content (AvgIpc) is 2.06. The lowest BCUT2D eigenvalue weighted by Gasteiger charge is -2.19. The van der Waals surface area contributed by atoms with E-state index < -0.39 is 0 Å². The molecule has 1 aromatic heterocycles. The largest absolute Gasteiger partial charge is 0.265 e. The smallest absolute Gasteiger partial charge is 0.0575 e. The predicted octanol–water partition coefficient (Wildman–Crippen LogP) is 3.09. The molecule has 1 heterocycles. The quantitative estimate of drug-likeness (QED) is 0.758. The maximum Gasteiger partial charge on any atom is 0.0575 e. The third kappa shape index (κ3) is 2.27. The molecule has 60 valence electrons. The third-order valence-corrected chi connectivity index (χ3v) is 4.15. The van der Waals surface area contributed by atoms with Gasteiger partial charge in [-0.2, -0.15) is 0 Å². The van der Waals surface area contributed by atoms with Gasteiger partial charge in [0.05, 0.1) is 4.32 Å². The summed E-state index contributed by atoms with van der Waals surface area (Å²) in [7, 11) is 0. The molecule has 1 unspecified atom stereocenters. The van der Waals surface area contributed by atoms with Crippen LogP contribution in [0.3, 0.4) is 0 Å². The monoisotopic (exact) mass is 277 g/mol. The van der Waals surface area contributed by atoms with E-state index in [1.165, 1.54) is 5.56 Å². The van der Waals surface area contributed by atoms with E-state index in [2.05, 4.69) is 43.8 Å². The molecule has 0 fully saturated rings. The maximum atomic E-state index is 3.96. The van der Waals surface area contributed by atoms with Gasteiger partial charge in [-0.05, 0) is 24.6 Å². The highest BCUT2D eigenvalue weighted by atomic mass is 79.9. The highest BCUT2D eigenvalue weighted by Crippen LogP contribution is 2.31. The summed E-state index contributed by atoms with van der Waals surface area (Å²) in [6.45, 7) is 2.12. The van der Waals surface area contributed by atoms with E-state index in [0.717, 1.165) is 5.33 Å². The zero-order chi connectivity index (χ0) is 8.32. The van der Waals surface area contributed by atoms with Crippen LogP contribution in [0.25, 0.3) is 0 Å². The normalized spacial score (nSPS) is 15.9.